The minimum absolute atomic E-state index is 0.519. The van der Waals surface area contributed by atoms with Crippen molar-refractivity contribution in [1.29, 1.82) is 0 Å². The summed E-state index contributed by atoms with van der Waals surface area (Å²) in [5, 5.41) is 3.73. The van der Waals surface area contributed by atoms with E-state index >= 15 is 0 Å². The van der Waals surface area contributed by atoms with Crippen molar-refractivity contribution >= 4 is 0 Å². The molecule has 0 bridgehead atoms. The topological polar surface area (TPSA) is 12.0 Å². The summed E-state index contributed by atoms with van der Waals surface area (Å²) in [4.78, 5) is 0. The standard InChI is InChI=1S/C12H23N/c1-11(2,3)10-5-8-13-12(9-10)6-4-7-12/h10,13H,4-9H2,1-3H3/t10-/m0/s1. The van der Waals surface area contributed by atoms with E-state index in [0.717, 1.165) is 5.92 Å². The maximum atomic E-state index is 3.73. The lowest BCUT2D eigenvalue weighted by Crippen LogP contribution is -2.57. The molecule has 2 fully saturated rings. The van der Waals surface area contributed by atoms with Gasteiger partial charge in [-0.3, -0.25) is 0 Å². The Morgan fingerprint density at radius 1 is 1.23 bits per heavy atom. The molecule has 0 unspecified atom stereocenters. The number of hydrogen-bond acceptors (Lipinski definition) is 1. The van der Waals surface area contributed by atoms with E-state index in [1.54, 1.807) is 0 Å². The lowest BCUT2D eigenvalue weighted by Gasteiger charge is -2.51. The number of piperidine rings is 1. The third kappa shape index (κ3) is 1.76. The summed E-state index contributed by atoms with van der Waals surface area (Å²) in [6.07, 6.45) is 7.12. The highest BCUT2D eigenvalue weighted by atomic mass is 15.0. The maximum absolute atomic E-state index is 3.73. The molecule has 0 aromatic heterocycles. The second-order valence-electron chi connectivity index (χ2n) is 6.12. The summed E-state index contributed by atoms with van der Waals surface area (Å²) >= 11 is 0. The van der Waals surface area contributed by atoms with E-state index in [-0.39, 0.29) is 0 Å². The van der Waals surface area contributed by atoms with E-state index in [0.29, 0.717) is 11.0 Å². The molecule has 1 atom stereocenters. The van der Waals surface area contributed by atoms with Crippen LogP contribution in [0.3, 0.4) is 0 Å². The predicted molar refractivity (Wildman–Crippen MR) is 56.8 cm³/mol. The van der Waals surface area contributed by atoms with Gasteiger partial charge >= 0.3 is 0 Å². The van der Waals surface area contributed by atoms with Gasteiger partial charge in [0.25, 0.3) is 0 Å². The summed E-state index contributed by atoms with van der Waals surface area (Å²) < 4.78 is 0. The molecule has 0 radical (unpaired) electrons. The predicted octanol–water partition coefficient (Wildman–Crippen LogP) is 2.95. The fraction of sp³-hybridized carbons (Fsp3) is 1.00. The molecule has 1 nitrogen and oxygen atoms in total. The van der Waals surface area contributed by atoms with Gasteiger partial charge in [-0.2, -0.15) is 0 Å². The molecule has 13 heavy (non-hydrogen) atoms. The molecule has 0 aromatic rings. The maximum Gasteiger partial charge on any atom is 0.0184 e. The SMILES string of the molecule is CC(C)(C)[C@H]1CCNC2(CCC2)C1. The minimum Gasteiger partial charge on any atom is -0.311 e. The summed E-state index contributed by atoms with van der Waals surface area (Å²) in [6, 6.07) is 0. The second kappa shape index (κ2) is 2.98. The molecule has 1 aliphatic heterocycles. The quantitative estimate of drug-likeness (QED) is 0.606. The van der Waals surface area contributed by atoms with Crippen LogP contribution in [0.15, 0.2) is 0 Å². The van der Waals surface area contributed by atoms with Crippen molar-refractivity contribution in [3.05, 3.63) is 0 Å². The molecule has 1 N–H and O–H groups in total. The smallest absolute Gasteiger partial charge is 0.0184 e. The summed E-state index contributed by atoms with van der Waals surface area (Å²) in [6.45, 7) is 8.45. The molecule has 2 aliphatic rings. The first-order valence-corrected chi connectivity index (χ1v) is 5.77. The van der Waals surface area contributed by atoms with Crippen LogP contribution in [0.25, 0.3) is 0 Å². The van der Waals surface area contributed by atoms with Crippen molar-refractivity contribution in [2.75, 3.05) is 6.54 Å². The lowest BCUT2D eigenvalue weighted by atomic mass is 9.63. The van der Waals surface area contributed by atoms with Crippen LogP contribution in [0.2, 0.25) is 0 Å². The van der Waals surface area contributed by atoms with Gasteiger partial charge in [0.15, 0.2) is 0 Å². The van der Waals surface area contributed by atoms with Gasteiger partial charge in [-0.25, -0.2) is 0 Å². The van der Waals surface area contributed by atoms with E-state index in [1.165, 1.54) is 38.6 Å². The zero-order valence-electron chi connectivity index (χ0n) is 9.32. The average Bonchev–Trinajstić information content (AvgIpc) is 2.00. The molecule has 1 spiro atoms. The Bertz CT molecular complexity index is 186. The lowest BCUT2D eigenvalue weighted by molar-refractivity contribution is 0.0577. The molecule has 1 heteroatoms. The number of hydrogen-bond donors (Lipinski definition) is 1. The molecule has 1 heterocycles. The Hall–Kier alpha value is -0.0400. The molecule has 0 aromatic carbocycles. The van der Waals surface area contributed by atoms with Crippen molar-refractivity contribution < 1.29 is 0 Å². The van der Waals surface area contributed by atoms with Crippen LogP contribution in [-0.2, 0) is 0 Å². The van der Waals surface area contributed by atoms with Crippen LogP contribution in [0.1, 0.15) is 52.9 Å². The van der Waals surface area contributed by atoms with Gasteiger partial charge in [0.05, 0.1) is 0 Å². The van der Waals surface area contributed by atoms with Gasteiger partial charge in [-0.1, -0.05) is 20.8 Å². The van der Waals surface area contributed by atoms with E-state index in [9.17, 15) is 0 Å². The number of nitrogens with one attached hydrogen (secondary N) is 1. The van der Waals surface area contributed by atoms with Crippen molar-refractivity contribution in [3.63, 3.8) is 0 Å². The first-order chi connectivity index (χ1) is 6.02. The summed E-state index contributed by atoms with van der Waals surface area (Å²) in [7, 11) is 0. The third-order valence-electron chi connectivity index (χ3n) is 4.17. The van der Waals surface area contributed by atoms with Crippen molar-refractivity contribution in [2.45, 2.75) is 58.4 Å². The fourth-order valence-electron chi connectivity index (χ4n) is 2.88. The highest BCUT2D eigenvalue weighted by Gasteiger charge is 2.43. The van der Waals surface area contributed by atoms with Crippen LogP contribution in [0.5, 0.6) is 0 Å². The van der Waals surface area contributed by atoms with Gasteiger partial charge in [0, 0.05) is 5.54 Å². The van der Waals surface area contributed by atoms with Crippen molar-refractivity contribution in [2.24, 2.45) is 11.3 Å². The van der Waals surface area contributed by atoms with Crippen LogP contribution in [-0.4, -0.2) is 12.1 Å². The van der Waals surface area contributed by atoms with Crippen LogP contribution in [0.4, 0.5) is 0 Å². The van der Waals surface area contributed by atoms with E-state index in [1.807, 2.05) is 0 Å². The zero-order valence-corrected chi connectivity index (χ0v) is 9.32. The van der Waals surface area contributed by atoms with E-state index < -0.39 is 0 Å². The molecule has 0 amide bonds. The van der Waals surface area contributed by atoms with Crippen molar-refractivity contribution in [3.8, 4) is 0 Å². The highest BCUT2D eigenvalue weighted by molar-refractivity contribution is 5.01. The number of rotatable bonds is 0. The van der Waals surface area contributed by atoms with Gasteiger partial charge in [-0.05, 0) is 50.0 Å². The highest BCUT2D eigenvalue weighted by Crippen LogP contribution is 2.45. The first-order valence-electron chi connectivity index (χ1n) is 5.77. The molecular formula is C12H23N. The normalized spacial score (nSPS) is 33.0. The summed E-state index contributed by atoms with van der Waals surface area (Å²) in [5.41, 5.74) is 1.10. The summed E-state index contributed by atoms with van der Waals surface area (Å²) in [5.74, 6) is 0.939. The monoisotopic (exact) mass is 181 g/mol. The molecule has 2 rings (SSSR count). The Morgan fingerprint density at radius 2 is 1.92 bits per heavy atom. The zero-order chi connectivity index (χ0) is 9.53. The molecule has 76 valence electrons. The molecule has 1 saturated heterocycles. The second-order valence-corrected chi connectivity index (χ2v) is 6.12. The van der Waals surface area contributed by atoms with Gasteiger partial charge in [0.2, 0.25) is 0 Å². The Balaban J connectivity index is 2.00. The first kappa shape index (κ1) is 9.51. The van der Waals surface area contributed by atoms with Crippen LogP contribution < -0.4 is 5.32 Å². The Labute approximate surface area is 82.3 Å². The molecule has 1 aliphatic carbocycles. The molecule has 1 saturated carbocycles. The van der Waals surface area contributed by atoms with Gasteiger partial charge < -0.3 is 5.32 Å². The van der Waals surface area contributed by atoms with E-state index in [4.69, 9.17) is 0 Å². The molecular weight excluding hydrogens is 158 g/mol. The van der Waals surface area contributed by atoms with Gasteiger partial charge in [0.1, 0.15) is 0 Å². The third-order valence-corrected chi connectivity index (χ3v) is 4.17. The van der Waals surface area contributed by atoms with Crippen LogP contribution >= 0.6 is 0 Å². The fourth-order valence-corrected chi connectivity index (χ4v) is 2.88. The van der Waals surface area contributed by atoms with Gasteiger partial charge in [-0.15, -0.1) is 0 Å². The largest absolute Gasteiger partial charge is 0.311 e. The minimum atomic E-state index is 0.519. The van der Waals surface area contributed by atoms with E-state index in [2.05, 4.69) is 26.1 Å². The Kier molecular flexibility index (Phi) is 2.18. The van der Waals surface area contributed by atoms with Crippen LogP contribution in [0, 0.1) is 11.3 Å². The Morgan fingerprint density at radius 3 is 2.38 bits per heavy atom. The average molecular weight is 181 g/mol. The van der Waals surface area contributed by atoms with Crippen molar-refractivity contribution in [1.82, 2.24) is 5.32 Å².